The highest BCUT2D eigenvalue weighted by Gasteiger charge is 2.36. The van der Waals surface area contributed by atoms with Crippen LogP contribution in [0.25, 0.3) is 11.1 Å². The van der Waals surface area contributed by atoms with Crippen molar-refractivity contribution in [3.63, 3.8) is 0 Å². The van der Waals surface area contributed by atoms with Gasteiger partial charge in [-0.3, -0.25) is 4.79 Å². The first-order valence-corrected chi connectivity index (χ1v) is 12.4. The standard InChI is InChI=1S/C25H37N5O2.ClH/c1-16(2)12-18-15-30(11-10-26-18)25-28-23-21(8-5-9-22(23)32-25)24(31)27-17-13-19-6-4-7-20(14-17)29(19)3;/h5,8-9,16-20,26H,4,6-7,10-15H2,1-3H3,(H,27,31);1H/t17?,18-,19?,20?;/m0./s1. The molecule has 5 rings (SSSR count). The second kappa shape index (κ2) is 10.2. The average Bonchev–Trinajstić information content (AvgIpc) is 3.18. The predicted octanol–water partition coefficient (Wildman–Crippen LogP) is 3.82. The number of anilines is 1. The number of nitrogens with one attached hydrogen (secondary N) is 2. The number of para-hydroxylation sites is 1. The second-order valence-corrected chi connectivity index (χ2v) is 10.4. The fraction of sp³-hybridized carbons (Fsp3) is 0.680. The van der Waals surface area contributed by atoms with Gasteiger partial charge < -0.3 is 24.9 Å². The number of amides is 1. The third-order valence-corrected chi connectivity index (χ3v) is 7.61. The largest absolute Gasteiger partial charge is 0.423 e. The number of piperidine rings is 2. The Bertz CT molecular complexity index is 949. The Morgan fingerprint density at radius 2 is 2.03 bits per heavy atom. The van der Waals surface area contributed by atoms with E-state index in [2.05, 4.69) is 41.3 Å². The minimum absolute atomic E-state index is 0. The SMILES string of the molecule is CC(C)C[C@H]1CN(c2nc3c(C(=O)NC4CC5CCCC(C4)N5C)cccc3o2)CCN1.Cl. The lowest BCUT2D eigenvalue weighted by Crippen LogP contribution is -2.55. The van der Waals surface area contributed by atoms with E-state index in [1.165, 1.54) is 19.3 Å². The molecule has 0 spiro atoms. The molecule has 2 unspecified atom stereocenters. The molecule has 3 atom stereocenters. The topological polar surface area (TPSA) is 73.6 Å². The maximum atomic E-state index is 13.3. The summed E-state index contributed by atoms with van der Waals surface area (Å²) in [5, 5.41) is 6.92. The highest BCUT2D eigenvalue weighted by atomic mass is 35.5. The van der Waals surface area contributed by atoms with Gasteiger partial charge in [0.05, 0.1) is 5.56 Å². The number of piperazine rings is 1. The molecule has 0 aliphatic carbocycles. The molecule has 182 valence electrons. The number of carbonyl (C=O) groups is 1. The Kier molecular flexibility index (Phi) is 7.51. The van der Waals surface area contributed by atoms with Gasteiger partial charge in [0.1, 0.15) is 5.52 Å². The lowest BCUT2D eigenvalue weighted by atomic mass is 9.82. The molecule has 7 nitrogen and oxygen atoms in total. The molecule has 1 amide bonds. The Morgan fingerprint density at radius 1 is 1.27 bits per heavy atom. The first kappa shape index (κ1) is 24.3. The average molecular weight is 476 g/mol. The summed E-state index contributed by atoms with van der Waals surface area (Å²) in [6.45, 7) is 7.17. The number of oxazole rings is 1. The summed E-state index contributed by atoms with van der Waals surface area (Å²) >= 11 is 0. The summed E-state index contributed by atoms with van der Waals surface area (Å²) in [5.74, 6) is 0.617. The molecule has 2 N–H and O–H groups in total. The van der Waals surface area contributed by atoms with Gasteiger partial charge in [-0.15, -0.1) is 12.4 Å². The highest BCUT2D eigenvalue weighted by Crippen LogP contribution is 2.33. The maximum absolute atomic E-state index is 13.3. The summed E-state index contributed by atoms with van der Waals surface area (Å²) in [5.41, 5.74) is 1.98. The monoisotopic (exact) mass is 475 g/mol. The number of hydrogen-bond donors (Lipinski definition) is 2. The van der Waals surface area contributed by atoms with Gasteiger partial charge in [0, 0.05) is 43.8 Å². The number of benzene rings is 1. The smallest absolute Gasteiger partial charge is 0.298 e. The van der Waals surface area contributed by atoms with E-state index in [1.54, 1.807) is 0 Å². The minimum Gasteiger partial charge on any atom is -0.423 e. The summed E-state index contributed by atoms with van der Waals surface area (Å²) in [4.78, 5) is 22.8. The van der Waals surface area contributed by atoms with Crippen molar-refractivity contribution in [1.82, 2.24) is 20.5 Å². The van der Waals surface area contributed by atoms with Crippen molar-refractivity contribution >= 4 is 35.4 Å². The van der Waals surface area contributed by atoms with Crippen molar-refractivity contribution < 1.29 is 9.21 Å². The normalized spacial score (nSPS) is 28.1. The highest BCUT2D eigenvalue weighted by molar-refractivity contribution is 6.04. The van der Waals surface area contributed by atoms with E-state index in [-0.39, 0.29) is 24.4 Å². The van der Waals surface area contributed by atoms with Crippen molar-refractivity contribution in [1.29, 1.82) is 0 Å². The molecule has 1 aromatic carbocycles. The van der Waals surface area contributed by atoms with Crippen LogP contribution in [0.4, 0.5) is 6.01 Å². The fourth-order valence-corrected chi connectivity index (χ4v) is 5.98. The quantitative estimate of drug-likeness (QED) is 0.684. The minimum atomic E-state index is -0.0268. The predicted molar refractivity (Wildman–Crippen MR) is 134 cm³/mol. The van der Waals surface area contributed by atoms with Gasteiger partial charge in [0.15, 0.2) is 5.58 Å². The number of nitrogens with zero attached hydrogens (tertiary/aromatic N) is 3. The molecule has 3 aliphatic heterocycles. The van der Waals surface area contributed by atoms with E-state index in [1.807, 2.05) is 18.2 Å². The molecule has 0 radical (unpaired) electrons. The van der Waals surface area contributed by atoms with Crippen LogP contribution in [0, 0.1) is 5.92 Å². The fourth-order valence-electron chi connectivity index (χ4n) is 5.98. The molecule has 4 heterocycles. The van der Waals surface area contributed by atoms with Gasteiger partial charge in [-0.2, -0.15) is 4.98 Å². The van der Waals surface area contributed by atoms with Crippen LogP contribution in [0.15, 0.2) is 22.6 Å². The van der Waals surface area contributed by atoms with Crippen molar-refractivity contribution in [2.75, 3.05) is 31.6 Å². The third-order valence-electron chi connectivity index (χ3n) is 7.61. The molecule has 3 saturated heterocycles. The van der Waals surface area contributed by atoms with E-state index in [9.17, 15) is 4.79 Å². The zero-order chi connectivity index (χ0) is 22.2. The van der Waals surface area contributed by atoms with Gasteiger partial charge in [-0.1, -0.05) is 26.3 Å². The Morgan fingerprint density at radius 3 is 2.76 bits per heavy atom. The number of aromatic nitrogens is 1. The lowest BCUT2D eigenvalue weighted by molar-refractivity contribution is 0.0463. The van der Waals surface area contributed by atoms with Gasteiger partial charge in [-0.25, -0.2) is 0 Å². The zero-order valence-corrected chi connectivity index (χ0v) is 20.9. The van der Waals surface area contributed by atoms with E-state index < -0.39 is 0 Å². The maximum Gasteiger partial charge on any atom is 0.298 e. The molecular formula is C25H38ClN5O2. The van der Waals surface area contributed by atoms with Crippen LogP contribution in [0.2, 0.25) is 0 Å². The van der Waals surface area contributed by atoms with Crippen molar-refractivity contribution in [3.05, 3.63) is 23.8 Å². The summed E-state index contributed by atoms with van der Waals surface area (Å²) in [6.07, 6.45) is 7.00. The molecule has 3 aliphatic rings. The second-order valence-electron chi connectivity index (χ2n) is 10.4. The number of carbonyl (C=O) groups excluding carboxylic acids is 1. The van der Waals surface area contributed by atoms with Crippen LogP contribution < -0.4 is 15.5 Å². The Hall–Kier alpha value is -1.83. The molecule has 8 heteroatoms. The van der Waals surface area contributed by atoms with Crippen LogP contribution in [0.3, 0.4) is 0 Å². The summed E-state index contributed by atoms with van der Waals surface area (Å²) < 4.78 is 6.12. The van der Waals surface area contributed by atoms with Crippen LogP contribution in [0.1, 0.15) is 62.7 Å². The molecule has 0 saturated carbocycles. The molecule has 33 heavy (non-hydrogen) atoms. The van der Waals surface area contributed by atoms with Crippen LogP contribution in [0.5, 0.6) is 0 Å². The van der Waals surface area contributed by atoms with Gasteiger partial charge in [0.25, 0.3) is 11.9 Å². The van der Waals surface area contributed by atoms with Gasteiger partial charge in [0.2, 0.25) is 0 Å². The molecule has 2 aromatic rings. The van der Waals surface area contributed by atoms with E-state index >= 15 is 0 Å². The van der Waals surface area contributed by atoms with Crippen LogP contribution in [-0.2, 0) is 0 Å². The summed E-state index contributed by atoms with van der Waals surface area (Å²) in [6, 6.07) is 8.17. The first-order chi connectivity index (χ1) is 15.5. The van der Waals surface area contributed by atoms with E-state index in [0.717, 1.165) is 38.9 Å². The van der Waals surface area contributed by atoms with Gasteiger partial charge >= 0.3 is 0 Å². The van der Waals surface area contributed by atoms with Crippen molar-refractivity contribution in [3.8, 4) is 0 Å². The lowest BCUT2D eigenvalue weighted by Gasteiger charge is -2.47. The first-order valence-electron chi connectivity index (χ1n) is 12.4. The molecule has 1 aromatic heterocycles. The number of fused-ring (bicyclic) bond motifs is 3. The summed E-state index contributed by atoms with van der Waals surface area (Å²) in [7, 11) is 2.24. The van der Waals surface area contributed by atoms with E-state index in [0.29, 0.717) is 46.7 Å². The number of hydrogen-bond acceptors (Lipinski definition) is 6. The van der Waals surface area contributed by atoms with Gasteiger partial charge in [-0.05, 0) is 57.2 Å². The van der Waals surface area contributed by atoms with Crippen LogP contribution >= 0.6 is 12.4 Å². The number of halogens is 1. The molecule has 3 fully saturated rings. The Balaban J connectivity index is 0.00000259. The molecular weight excluding hydrogens is 438 g/mol. The van der Waals surface area contributed by atoms with Crippen LogP contribution in [-0.4, -0.2) is 66.6 Å². The van der Waals surface area contributed by atoms with E-state index in [4.69, 9.17) is 9.40 Å². The number of rotatable bonds is 5. The third kappa shape index (κ3) is 5.15. The van der Waals surface area contributed by atoms with Crippen molar-refractivity contribution in [2.24, 2.45) is 5.92 Å². The Labute approximate surface area is 203 Å². The van der Waals surface area contributed by atoms with Crippen molar-refractivity contribution in [2.45, 2.75) is 76.5 Å². The molecule has 2 bridgehead atoms. The zero-order valence-electron chi connectivity index (χ0n) is 20.0.